The Bertz CT molecular complexity index is 3120. The van der Waals surface area contributed by atoms with Gasteiger partial charge in [0, 0.05) is 43.2 Å². The number of benzene rings is 2. The number of amides is 2. The van der Waals surface area contributed by atoms with Crippen LogP contribution >= 0.6 is 0 Å². The van der Waals surface area contributed by atoms with E-state index in [1.807, 2.05) is 12.1 Å². The monoisotopic (exact) mass is 1060 g/mol. The van der Waals surface area contributed by atoms with Crippen molar-refractivity contribution in [3.8, 4) is 11.5 Å². The van der Waals surface area contributed by atoms with Crippen LogP contribution in [0.1, 0.15) is 78.3 Å². The van der Waals surface area contributed by atoms with Crippen molar-refractivity contribution >= 4 is 57.8 Å². The SMILES string of the molecule is CN(C)[C@@H]1C(=O)C(C(N)=O)=C(O)[C@@]2(O)C(=O)C3=C(O)c4c(O)ccc(C5CCNCC5)c4C[C@H]3C[C@@H]12.COCC(=O)N1CC=C(c2ccc(O)c3c2C[C@H]2C[C@H]4[C@H](N(C)C)C(=O)C(C(C)=O)=C(O)[C@@]4(O)C(=O)C2=C3O)CC1. The van der Waals surface area contributed by atoms with E-state index < -0.39 is 116 Å². The lowest BCUT2D eigenvalue weighted by Gasteiger charge is -2.50. The summed E-state index contributed by atoms with van der Waals surface area (Å²) in [6, 6.07) is 4.38. The third-order valence-electron chi connectivity index (χ3n) is 17.3. The summed E-state index contributed by atoms with van der Waals surface area (Å²) < 4.78 is 4.95. The van der Waals surface area contributed by atoms with Gasteiger partial charge in [0.25, 0.3) is 5.91 Å². The molecule has 2 aromatic rings. The predicted octanol–water partition coefficient (Wildman–Crippen LogP) is 1.76. The maximum atomic E-state index is 14.0. The van der Waals surface area contributed by atoms with Gasteiger partial charge in [-0.3, -0.25) is 43.4 Å². The number of nitrogens with two attached hydrogens (primary N) is 1. The van der Waals surface area contributed by atoms with Crippen molar-refractivity contribution in [3.63, 3.8) is 0 Å². The van der Waals surface area contributed by atoms with E-state index in [9.17, 15) is 74.4 Å². The molecule has 0 aromatic heterocycles. The topological polar surface area (TPSA) is 338 Å². The van der Waals surface area contributed by atoms with Gasteiger partial charge in [-0.05, 0) is 151 Å². The highest BCUT2D eigenvalue weighted by atomic mass is 16.5. The summed E-state index contributed by atoms with van der Waals surface area (Å²) in [7, 11) is 7.82. The number of ketones is 5. The number of phenols is 2. The first-order valence-electron chi connectivity index (χ1n) is 25.7. The summed E-state index contributed by atoms with van der Waals surface area (Å²) in [6.45, 7) is 3.60. The fraction of sp³-hybridized carbons (Fsp3) is 0.482. The number of nitrogens with zero attached hydrogens (tertiary/aromatic N) is 3. The Morgan fingerprint density at radius 3 is 1.70 bits per heavy atom. The fourth-order valence-electron chi connectivity index (χ4n) is 13.8. The van der Waals surface area contributed by atoms with Crippen molar-refractivity contribution in [2.24, 2.45) is 29.4 Å². The number of aromatic hydroxyl groups is 2. The zero-order valence-corrected chi connectivity index (χ0v) is 43.7. The Hall–Kier alpha value is -7.01. The highest BCUT2D eigenvalue weighted by molar-refractivity contribution is 6.26. The van der Waals surface area contributed by atoms with Crippen molar-refractivity contribution in [3.05, 3.63) is 97.5 Å². The Labute approximate surface area is 443 Å². The highest BCUT2D eigenvalue weighted by Crippen LogP contribution is 2.56. The molecule has 8 atom stereocenters. The first-order chi connectivity index (χ1) is 36.3. The van der Waals surface area contributed by atoms with Gasteiger partial charge < -0.3 is 61.5 Å². The number of Topliss-reactive ketones (excluding diaryl/α,β-unsaturated/α-hetero) is 5. The molecular formula is C56H65N5O16. The summed E-state index contributed by atoms with van der Waals surface area (Å²) in [5.41, 5.74) is 2.70. The molecule has 8 aliphatic rings. The molecule has 2 aromatic carbocycles. The molecule has 21 heteroatoms. The zero-order valence-electron chi connectivity index (χ0n) is 43.7. The summed E-state index contributed by atoms with van der Waals surface area (Å²) in [5, 5.41) is 93.0. The first kappa shape index (κ1) is 54.8. The van der Waals surface area contributed by atoms with Gasteiger partial charge in [0.15, 0.2) is 28.6 Å². The molecule has 0 unspecified atom stereocenters. The zero-order chi connectivity index (χ0) is 56.1. The number of phenolic OH excluding ortho intramolecular Hbond substituents is 2. The normalized spacial score (nSPS) is 29.3. The van der Waals surface area contributed by atoms with E-state index in [4.69, 9.17) is 10.5 Å². The average molecular weight is 1060 g/mol. The van der Waals surface area contributed by atoms with Gasteiger partial charge in [0.2, 0.25) is 17.5 Å². The number of fused-ring (bicyclic) bond motifs is 6. The second-order valence-corrected chi connectivity index (χ2v) is 21.9. The van der Waals surface area contributed by atoms with E-state index in [1.54, 1.807) is 39.2 Å². The number of carbonyl (C=O) groups is 7. The van der Waals surface area contributed by atoms with Crippen LogP contribution in [0.4, 0.5) is 0 Å². The molecule has 0 spiro atoms. The van der Waals surface area contributed by atoms with Crippen LogP contribution in [0.2, 0.25) is 0 Å². The number of methoxy groups -OCH3 is 1. The molecule has 6 aliphatic carbocycles. The lowest BCUT2D eigenvalue weighted by molar-refractivity contribution is -0.155. The number of nitrogens with one attached hydrogen (secondary N) is 1. The predicted molar refractivity (Wildman–Crippen MR) is 276 cm³/mol. The Kier molecular flexibility index (Phi) is 14.3. The van der Waals surface area contributed by atoms with Crippen molar-refractivity contribution in [2.45, 2.75) is 81.1 Å². The van der Waals surface area contributed by atoms with Crippen LogP contribution in [-0.4, -0.2) is 188 Å². The average Bonchev–Trinajstić information content (AvgIpc) is 3.48. The third kappa shape index (κ3) is 8.40. The molecule has 410 valence electrons. The van der Waals surface area contributed by atoms with Crippen LogP contribution in [0.5, 0.6) is 11.5 Å². The lowest BCUT2D eigenvalue weighted by Crippen LogP contribution is -2.65. The maximum Gasteiger partial charge on any atom is 0.255 e. The van der Waals surface area contributed by atoms with Crippen molar-refractivity contribution in [1.29, 1.82) is 0 Å². The Morgan fingerprint density at radius 1 is 0.727 bits per heavy atom. The molecule has 1 saturated heterocycles. The van der Waals surface area contributed by atoms with E-state index in [1.165, 1.54) is 29.0 Å². The summed E-state index contributed by atoms with van der Waals surface area (Å²) >= 11 is 0. The van der Waals surface area contributed by atoms with Crippen molar-refractivity contribution < 1.29 is 79.2 Å². The number of primary amides is 1. The summed E-state index contributed by atoms with van der Waals surface area (Å²) in [5.74, 6) is -12.2. The molecule has 77 heavy (non-hydrogen) atoms. The molecule has 10 rings (SSSR count). The molecule has 0 bridgehead atoms. The van der Waals surface area contributed by atoms with Gasteiger partial charge in [-0.25, -0.2) is 0 Å². The van der Waals surface area contributed by atoms with Crippen molar-refractivity contribution in [2.75, 3.05) is 68.1 Å². The molecule has 3 fully saturated rings. The quantitative estimate of drug-likeness (QED) is 0.168. The van der Waals surface area contributed by atoms with E-state index in [0.29, 0.717) is 31.5 Å². The molecule has 2 amide bonds. The standard InChI is InChI=1S/C30H34N2O9.C26H31N3O7/c1-14(33)22-27(37)25(31(2)3)19-12-16-11-18-17(15-7-9-32(10-8-15)21(35)13-41-4)5-6-20(34)24(18)26(36)23(16)29(39)30(19,40)28(22)38;1-29(2)20-15-10-12-9-14-13(11-5-7-28-8-6-11)3-4-16(30)18(14)21(31)17(12)23(33)26(15,36)24(34)19(22(20)32)25(27)35/h5-7,16,19,25,34,36,38,40H,8-13H2,1-4H3;3-4,11-12,15,20,28,30-31,34,36H,5-10H2,1-2H3,(H2,27,35)/t16-,19-,25-,30+;12-,15-,20-,26-/m00/s1. The second-order valence-electron chi connectivity index (χ2n) is 21.9. The lowest BCUT2D eigenvalue weighted by atomic mass is 9.57. The molecule has 21 nitrogen and oxygen atoms in total. The van der Waals surface area contributed by atoms with Crippen LogP contribution in [0.3, 0.4) is 0 Å². The number of hydrogen-bond donors (Lipinski definition) is 10. The van der Waals surface area contributed by atoms with Gasteiger partial charge >= 0.3 is 0 Å². The largest absolute Gasteiger partial charge is 0.508 e. The van der Waals surface area contributed by atoms with E-state index in [0.717, 1.165) is 55.1 Å². The van der Waals surface area contributed by atoms with Gasteiger partial charge in [-0.2, -0.15) is 0 Å². The van der Waals surface area contributed by atoms with Gasteiger partial charge in [0.05, 0.1) is 23.2 Å². The molecule has 0 radical (unpaired) electrons. The number of hydrogen-bond acceptors (Lipinski definition) is 19. The Morgan fingerprint density at radius 2 is 1.22 bits per heavy atom. The van der Waals surface area contributed by atoms with Gasteiger partial charge in [-0.15, -0.1) is 0 Å². The Balaban J connectivity index is 0.000000189. The number of aliphatic hydroxyl groups excluding tert-OH is 4. The number of aliphatic hydroxyl groups is 6. The van der Waals surface area contributed by atoms with E-state index in [2.05, 4.69) is 5.32 Å². The van der Waals surface area contributed by atoms with E-state index in [-0.39, 0.29) is 71.5 Å². The molecule has 2 saturated carbocycles. The van der Waals surface area contributed by atoms with Crippen LogP contribution < -0.4 is 11.1 Å². The van der Waals surface area contributed by atoms with Crippen LogP contribution in [0, 0.1) is 23.7 Å². The van der Waals surface area contributed by atoms with Crippen LogP contribution in [-0.2, 0) is 51.1 Å². The minimum Gasteiger partial charge on any atom is -0.508 e. The maximum absolute atomic E-state index is 14.0. The second kappa shape index (κ2) is 20.1. The minimum absolute atomic E-state index is 0.0163. The molecule has 11 N–H and O–H groups in total. The van der Waals surface area contributed by atoms with Crippen LogP contribution in [0.15, 0.2) is 64.2 Å². The highest BCUT2D eigenvalue weighted by Gasteiger charge is 2.66. The van der Waals surface area contributed by atoms with Crippen molar-refractivity contribution in [1.82, 2.24) is 20.0 Å². The fourth-order valence-corrected chi connectivity index (χ4v) is 13.8. The number of likely N-dealkylation sites (N-methyl/N-ethyl adjacent to an activating group) is 2. The van der Waals surface area contributed by atoms with E-state index >= 15 is 0 Å². The number of piperidine rings is 1. The van der Waals surface area contributed by atoms with Gasteiger partial charge in [-0.1, -0.05) is 18.2 Å². The minimum atomic E-state index is -2.62. The molecule has 2 heterocycles. The van der Waals surface area contributed by atoms with Gasteiger partial charge in [0.1, 0.15) is 52.3 Å². The smallest absolute Gasteiger partial charge is 0.255 e. The summed E-state index contributed by atoms with van der Waals surface area (Å²) in [4.78, 5) is 95.7. The van der Waals surface area contributed by atoms with Crippen LogP contribution in [0.25, 0.3) is 17.1 Å². The first-order valence-corrected chi connectivity index (χ1v) is 25.7. The number of rotatable bonds is 8. The summed E-state index contributed by atoms with van der Waals surface area (Å²) in [6.07, 6.45) is 4.92. The number of carbonyl (C=O) groups excluding carboxylic acids is 7. The molecule has 2 aliphatic heterocycles. The number of ether oxygens (including phenoxy) is 1. The molecular weight excluding hydrogens is 999 g/mol. The third-order valence-corrected chi connectivity index (χ3v) is 17.3.